The first-order valence-corrected chi connectivity index (χ1v) is 6.44. The Bertz CT molecular complexity index is 274. The molecule has 0 aromatic heterocycles. The van der Waals surface area contributed by atoms with Crippen molar-refractivity contribution >= 4 is 22.0 Å². The van der Waals surface area contributed by atoms with Crippen LogP contribution in [0.3, 0.4) is 0 Å². The zero-order chi connectivity index (χ0) is 11.2. The standard InChI is InChI=1S/C11H18BrNO2/c1-11(2,3)15-10(14)13-6-7-4-5-8(13)9(7)12/h7-9H,4-6H2,1-3H3/t7-,8+,9+/m1/s1. The van der Waals surface area contributed by atoms with E-state index < -0.39 is 0 Å². The Morgan fingerprint density at radius 3 is 2.47 bits per heavy atom. The molecule has 3 nitrogen and oxygen atoms in total. The minimum absolute atomic E-state index is 0.154. The largest absolute Gasteiger partial charge is 0.444 e. The lowest BCUT2D eigenvalue weighted by molar-refractivity contribution is 0.0192. The van der Waals surface area contributed by atoms with Crippen LogP contribution < -0.4 is 0 Å². The number of hydrogen-bond donors (Lipinski definition) is 0. The zero-order valence-corrected chi connectivity index (χ0v) is 11.1. The maximum absolute atomic E-state index is 11.9. The molecule has 2 fully saturated rings. The fourth-order valence-corrected chi connectivity index (χ4v) is 3.44. The van der Waals surface area contributed by atoms with E-state index in [1.54, 1.807) is 0 Å². The van der Waals surface area contributed by atoms with Crippen LogP contribution in [0.15, 0.2) is 0 Å². The average Bonchev–Trinajstić information content (AvgIpc) is 2.59. The summed E-state index contributed by atoms with van der Waals surface area (Å²) in [5, 5.41) is 0. The van der Waals surface area contributed by atoms with Gasteiger partial charge in [0.05, 0.1) is 0 Å². The van der Waals surface area contributed by atoms with Crippen molar-refractivity contribution in [3.63, 3.8) is 0 Å². The average molecular weight is 276 g/mol. The van der Waals surface area contributed by atoms with Crippen LogP contribution in [-0.4, -0.2) is 34.0 Å². The highest BCUT2D eigenvalue weighted by Gasteiger charge is 2.48. The maximum atomic E-state index is 11.9. The van der Waals surface area contributed by atoms with E-state index in [-0.39, 0.29) is 11.7 Å². The molecule has 1 aliphatic heterocycles. The number of hydrogen-bond acceptors (Lipinski definition) is 2. The van der Waals surface area contributed by atoms with Crippen LogP contribution in [0.2, 0.25) is 0 Å². The van der Waals surface area contributed by atoms with Crippen LogP contribution in [0, 0.1) is 5.92 Å². The second kappa shape index (κ2) is 3.65. The molecule has 2 aliphatic rings. The molecule has 2 rings (SSSR count). The van der Waals surface area contributed by atoms with Gasteiger partial charge in [0.2, 0.25) is 0 Å². The molecule has 1 heterocycles. The summed E-state index contributed by atoms with van der Waals surface area (Å²) in [6.07, 6.45) is 2.19. The van der Waals surface area contributed by atoms with Crippen LogP contribution in [0.25, 0.3) is 0 Å². The summed E-state index contributed by atoms with van der Waals surface area (Å²) >= 11 is 3.67. The highest BCUT2D eigenvalue weighted by atomic mass is 79.9. The predicted octanol–water partition coefficient (Wildman–Crippen LogP) is 2.78. The highest BCUT2D eigenvalue weighted by molar-refractivity contribution is 9.09. The van der Waals surface area contributed by atoms with E-state index in [0.717, 1.165) is 13.0 Å². The third-order valence-electron chi connectivity index (χ3n) is 3.11. The van der Waals surface area contributed by atoms with Crippen molar-refractivity contribution in [1.82, 2.24) is 4.90 Å². The van der Waals surface area contributed by atoms with Crippen molar-refractivity contribution in [2.45, 2.75) is 50.1 Å². The lowest BCUT2D eigenvalue weighted by Crippen LogP contribution is -2.42. The van der Waals surface area contributed by atoms with E-state index in [1.807, 2.05) is 25.7 Å². The number of nitrogens with zero attached hydrogens (tertiary/aromatic N) is 1. The molecule has 0 radical (unpaired) electrons. The molecule has 86 valence electrons. The number of ether oxygens (including phenoxy) is 1. The zero-order valence-electron chi connectivity index (χ0n) is 9.50. The van der Waals surface area contributed by atoms with Gasteiger partial charge in [-0.1, -0.05) is 15.9 Å². The molecule has 2 bridgehead atoms. The van der Waals surface area contributed by atoms with E-state index in [9.17, 15) is 4.79 Å². The summed E-state index contributed by atoms with van der Waals surface area (Å²) in [5.74, 6) is 0.627. The van der Waals surface area contributed by atoms with Crippen LogP contribution in [0.5, 0.6) is 0 Å². The molecule has 1 amide bonds. The third-order valence-corrected chi connectivity index (χ3v) is 4.47. The van der Waals surface area contributed by atoms with Crippen LogP contribution in [0.4, 0.5) is 4.79 Å². The molecule has 0 N–H and O–H groups in total. The molecule has 0 unspecified atom stereocenters. The van der Waals surface area contributed by atoms with Gasteiger partial charge < -0.3 is 9.64 Å². The molecule has 0 aromatic rings. The van der Waals surface area contributed by atoms with E-state index in [2.05, 4.69) is 15.9 Å². The third kappa shape index (κ3) is 2.14. The van der Waals surface area contributed by atoms with Gasteiger partial charge in [0.1, 0.15) is 5.60 Å². The van der Waals surface area contributed by atoms with Gasteiger partial charge in [-0.3, -0.25) is 0 Å². The van der Waals surface area contributed by atoms with Crippen molar-refractivity contribution in [3.05, 3.63) is 0 Å². The number of alkyl halides is 1. The number of rotatable bonds is 0. The second-order valence-electron chi connectivity index (χ2n) is 5.48. The second-order valence-corrected chi connectivity index (χ2v) is 6.54. The fraction of sp³-hybridized carbons (Fsp3) is 0.909. The van der Waals surface area contributed by atoms with E-state index in [0.29, 0.717) is 16.8 Å². The number of carbonyl (C=O) groups is 1. The number of piperidine rings is 1. The summed E-state index contributed by atoms with van der Waals surface area (Å²) in [7, 11) is 0. The lowest BCUT2D eigenvalue weighted by Gasteiger charge is -2.30. The molecule has 0 spiro atoms. The van der Waals surface area contributed by atoms with Crippen molar-refractivity contribution < 1.29 is 9.53 Å². The topological polar surface area (TPSA) is 29.5 Å². The number of amides is 1. The molecule has 1 saturated carbocycles. The van der Waals surface area contributed by atoms with Gasteiger partial charge >= 0.3 is 6.09 Å². The van der Waals surface area contributed by atoms with Gasteiger partial charge in [0.25, 0.3) is 0 Å². The summed E-state index contributed by atoms with van der Waals surface area (Å²) in [6.45, 7) is 6.58. The number of carbonyl (C=O) groups excluding carboxylic acids is 1. The van der Waals surface area contributed by atoms with Crippen LogP contribution >= 0.6 is 15.9 Å². The number of fused-ring (bicyclic) bond motifs is 2. The smallest absolute Gasteiger partial charge is 0.410 e. The Balaban J connectivity index is 1.99. The van der Waals surface area contributed by atoms with Gasteiger partial charge in [-0.25, -0.2) is 4.79 Å². The molecular formula is C11H18BrNO2. The molecule has 1 aliphatic carbocycles. The summed E-state index contributed by atoms with van der Waals surface area (Å²) in [4.78, 5) is 14.2. The fourth-order valence-electron chi connectivity index (χ4n) is 2.46. The van der Waals surface area contributed by atoms with E-state index >= 15 is 0 Å². The molecular weight excluding hydrogens is 258 g/mol. The molecule has 15 heavy (non-hydrogen) atoms. The summed E-state index contributed by atoms with van der Waals surface area (Å²) < 4.78 is 5.39. The number of likely N-dealkylation sites (tertiary alicyclic amines) is 1. The number of halogens is 1. The Labute approximate surface area is 99.3 Å². The molecule has 1 saturated heterocycles. The molecule has 3 atom stereocenters. The summed E-state index contributed by atoms with van der Waals surface area (Å²) in [6, 6.07) is 0.352. The van der Waals surface area contributed by atoms with Crippen molar-refractivity contribution in [3.8, 4) is 0 Å². The first-order valence-electron chi connectivity index (χ1n) is 5.52. The minimum atomic E-state index is -0.388. The summed E-state index contributed by atoms with van der Waals surface area (Å²) in [5.41, 5.74) is -0.388. The molecule has 4 heteroatoms. The Kier molecular flexibility index (Phi) is 2.73. The van der Waals surface area contributed by atoms with Crippen molar-refractivity contribution in [2.24, 2.45) is 5.92 Å². The Morgan fingerprint density at radius 1 is 1.40 bits per heavy atom. The van der Waals surface area contributed by atoms with E-state index in [1.165, 1.54) is 6.42 Å². The van der Waals surface area contributed by atoms with Gasteiger partial charge in [-0.15, -0.1) is 0 Å². The van der Waals surface area contributed by atoms with Gasteiger partial charge in [0.15, 0.2) is 0 Å². The Morgan fingerprint density at radius 2 is 2.07 bits per heavy atom. The Hall–Kier alpha value is -0.250. The minimum Gasteiger partial charge on any atom is -0.444 e. The van der Waals surface area contributed by atoms with E-state index in [4.69, 9.17) is 4.74 Å². The van der Waals surface area contributed by atoms with Crippen LogP contribution in [0.1, 0.15) is 33.6 Å². The van der Waals surface area contributed by atoms with Crippen molar-refractivity contribution in [1.29, 1.82) is 0 Å². The van der Waals surface area contributed by atoms with Crippen molar-refractivity contribution in [2.75, 3.05) is 6.54 Å². The van der Waals surface area contributed by atoms with Gasteiger partial charge in [-0.05, 0) is 39.5 Å². The molecule has 0 aromatic carbocycles. The predicted molar refractivity (Wildman–Crippen MR) is 62.2 cm³/mol. The first-order chi connectivity index (χ1) is 6.88. The van der Waals surface area contributed by atoms with Crippen LogP contribution in [-0.2, 0) is 4.74 Å². The quantitative estimate of drug-likeness (QED) is 0.637. The normalized spacial score (nSPS) is 34.7. The maximum Gasteiger partial charge on any atom is 0.410 e. The monoisotopic (exact) mass is 275 g/mol. The lowest BCUT2D eigenvalue weighted by atomic mass is 10.1. The van der Waals surface area contributed by atoms with Gasteiger partial charge in [0, 0.05) is 17.4 Å². The SMILES string of the molecule is CC(C)(C)OC(=O)N1C[C@H]2CC[C@H]1[C@H]2Br. The first kappa shape index (κ1) is 11.2. The van der Waals surface area contributed by atoms with Gasteiger partial charge in [-0.2, -0.15) is 0 Å². The highest BCUT2D eigenvalue weighted by Crippen LogP contribution is 2.42.